The SMILES string of the molecule is NC1CC(C(F)(F)F)C2CN(C3CC4(C3)CN(C(=O)C3CC3)C4)CCCCC[C@](O)(C(F)(F)F)C3NNC(O3)C1N2. The van der Waals surface area contributed by atoms with Gasteiger partial charge in [-0.25, -0.2) is 10.9 Å². The predicted molar refractivity (Wildman–Crippen MR) is 134 cm³/mol. The highest BCUT2D eigenvalue weighted by Gasteiger charge is 2.62. The molecule has 41 heavy (non-hydrogen) atoms. The standard InChI is InChI=1S/C26H40F6N6O3/c27-25(28,29)16-8-17(33)19-20-35-36-22(41-20)24(40,26(30,31)32)6-2-1-3-7-37(11-18(16)34-19)15-9-23(10-15)12-38(13-23)21(39)14-4-5-14/h14-20,22,34-36,40H,1-13,33H2/t16?,17?,18?,19?,20?,22?,24-/m1/s1. The lowest BCUT2D eigenvalue weighted by Crippen LogP contribution is -2.70. The van der Waals surface area contributed by atoms with E-state index in [0.29, 0.717) is 32.5 Å². The van der Waals surface area contributed by atoms with E-state index in [0.717, 1.165) is 25.7 Å². The topological polar surface area (TPSA) is 115 Å². The van der Waals surface area contributed by atoms with Crippen LogP contribution in [0.15, 0.2) is 0 Å². The second-order valence-electron chi connectivity index (χ2n) is 13.3. The molecule has 6 rings (SSSR count). The Morgan fingerprint density at radius 3 is 2.37 bits per heavy atom. The molecule has 4 saturated heterocycles. The number of nitrogens with zero attached hydrogens (tertiary/aromatic N) is 2. The van der Waals surface area contributed by atoms with Crippen LogP contribution in [0.1, 0.15) is 57.8 Å². The Morgan fingerprint density at radius 1 is 1.02 bits per heavy atom. The molecule has 234 valence electrons. The van der Waals surface area contributed by atoms with Crippen LogP contribution in [-0.2, 0) is 9.53 Å². The van der Waals surface area contributed by atoms with E-state index in [9.17, 15) is 36.2 Å². The Labute approximate surface area is 234 Å². The quantitative estimate of drug-likeness (QED) is 0.305. The third kappa shape index (κ3) is 5.60. The number of nitrogens with one attached hydrogen (secondary N) is 3. The summed E-state index contributed by atoms with van der Waals surface area (Å²) < 4.78 is 90.4. The van der Waals surface area contributed by atoms with Gasteiger partial charge in [-0.1, -0.05) is 12.8 Å². The van der Waals surface area contributed by atoms with E-state index in [-0.39, 0.29) is 36.2 Å². The highest BCUT2D eigenvalue weighted by Crippen LogP contribution is 2.52. The van der Waals surface area contributed by atoms with Crippen molar-refractivity contribution in [3.8, 4) is 0 Å². The van der Waals surface area contributed by atoms with Crippen LogP contribution in [0.5, 0.6) is 0 Å². The van der Waals surface area contributed by atoms with Crippen molar-refractivity contribution >= 4 is 5.91 Å². The number of alkyl halides is 6. The Hall–Kier alpha value is -1.23. The second-order valence-corrected chi connectivity index (χ2v) is 13.3. The maximum atomic E-state index is 14.2. The molecule has 0 radical (unpaired) electrons. The summed E-state index contributed by atoms with van der Waals surface area (Å²) in [5.41, 5.74) is 7.97. The lowest BCUT2D eigenvalue weighted by atomic mass is 9.60. The van der Waals surface area contributed by atoms with E-state index in [1.165, 1.54) is 0 Å². The van der Waals surface area contributed by atoms with Crippen LogP contribution < -0.4 is 21.9 Å². The van der Waals surface area contributed by atoms with Crippen LogP contribution >= 0.6 is 0 Å². The van der Waals surface area contributed by atoms with Crippen molar-refractivity contribution in [2.75, 3.05) is 26.2 Å². The molecule has 1 spiro atoms. The fraction of sp³-hybridized carbons (Fsp3) is 0.962. The highest BCUT2D eigenvalue weighted by atomic mass is 19.4. The third-order valence-electron chi connectivity index (χ3n) is 10.3. The van der Waals surface area contributed by atoms with Gasteiger partial charge in [0.25, 0.3) is 0 Å². The van der Waals surface area contributed by atoms with Gasteiger partial charge in [-0.2, -0.15) is 26.3 Å². The first-order valence-electron chi connectivity index (χ1n) is 14.8. The van der Waals surface area contributed by atoms with E-state index in [2.05, 4.69) is 16.2 Å². The average Bonchev–Trinajstić information content (AvgIpc) is 3.56. The molecule has 7 atom stereocenters. The Bertz CT molecular complexity index is 984. The monoisotopic (exact) mass is 598 g/mol. The Morgan fingerprint density at radius 2 is 1.73 bits per heavy atom. The van der Waals surface area contributed by atoms with Gasteiger partial charge in [-0.05, 0) is 51.5 Å². The normalized spacial score (nSPS) is 41.0. The third-order valence-corrected chi connectivity index (χ3v) is 10.3. The number of ether oxygens (including phenoxy) is 1. The molecule has 2 aliphatic carbocycles. The van der Waals surface area contributed by atoms with E-state index in [4.69, 9.17) is 10.5 Å². The molecule has 4 heterocycles. The molecular formula is C26H40F6N6O3. The number of carbonyl (C=O) groups is 1. The van der Waals surface area contributed by atoms with E-state index >= 15 is 0 Å². The molecule has 2 saturated carbocycles. The van der Waals surface area contributed by atoms with Gasteiger partial charge in [0.2, 0.25) is 11.5 Å². The van der Waals surface area contributed by atoms with E-state index in [1.807, 2.05) is 9.80 Å². The molecule has 6 fully saturated rings. The first kappa shape index (κ1) is 29.8. The average molecular weight is 599 g/mol. The molecule has 4 bridgehead atoms. The molecule has 0 aromatic carbocycles. The number of hydrogen-bond donors (Lipinski definition) is 5. The van der Waals surface area contributed by atoms with Crippen LogP contribution in [0, 0.1) is 17.3 Å². The molecular weight excluding hydrogens is 558 g/mol. The number of rotatable bonds is 2. The first-order valence-corrected chi connectivity index (χ1v) is 14.8. The molecule has 0 aromatic heterocycles. The van der Waals surface area contributed by atoms with Gasteiger partial charge in [0, 0.05) is 49.1 Å². The van der Waals surface area contributed by atoms with Gasteiger partial charge in [-0.3, -0.25) is 9.69 Å². The van der Waals surface area contributed by atoms with Crippen LogP contribution in [-0.4, -0.2) is 102 Å². The summed E-state index contributed by atoms with van der Waals surface area (Å²) in [7, 11) is 0. The van der Waals surface area contributed by atoms with Gasteiger partial charge in [0.05, 0.1) is 12.0 Å². The summed E-state index contributed by atoms with van der Waals surface area (Å²) >= 11 is 0. The number of aliphatic hydroxyl groups is 1. The van der Waals surface area contributed by atoms with Crippen molar-refractivity contribution in [1.29, 1.82) is 0 Å². The number of nitrogens with two attached hydrogens (primary N) is 1. The fourth-order valence-electron chi connectivity index (χ4n) is 7.67. The molecule has 0 aromatic rings. The lowest BCUT2D eigenvalue weighted by molar-refractivity contribution is -0.300. The minimum absolute atomic E-state index is 0.00804. The molecule has 9 nitrogen and oxygen atoms in total. The van der Waals surface area contributed by atoms with Crippen molar-refractivity contribution in [2.24, 2.45) is 23.0 Å². The number of amides is 1. The number of hydrazine groups is 1. The smallest absolute Gasteiger partial charge is 0.377 e. The molecule has 6 unspecified atom stereocenters. The zero-order valence-corrected chi connectivity index (χ0v) is 22.8. The molecule has 1 amide bonds. The molecule has 6 N–H and O–H groups in total. The highest BCUT2D eigenvalue weighted by molar-refractivity contribution is 5.82. The molecule has 6 aliphatic rings. The van der Waals surface area contributed by atoms with Gasteiger partial charge >= 0.3 is 12.4 Å². The summed E-state index contributed by atoms with van der Waals surface area (Å²) in [5.74, 6) is -1.37. The van der Waals surface area contributed by atoms with Crippen molar-refractivity contribution in [3.05, 3.63) is 0 Å². The molecule has 4 aliphatic heterocycles. The maximum Gasteiger partial charge on any atom is 0.421 e. The number of halogens is 6. The van der Waals surface area contributed by atoms with Crippen molar-refractivity contribution in [3.63, 3.8) is 0 Å². The Balaban J connectivity index is 1.20. The Kier molecular flexibility index (Phi) is 7.60. The summed E-state index contributed by atoms with van der Waals surface area (Å²) in [4.78, 5) is 16.3. The van der Waals surface area contributed by atoms with E-state index < -0.39 is 67.3 Å². The van der Waals surface area contributed by atoms with Gasteiger partial charge in [0.15, 0.2) is 6.23 Å². The van der Waals surface area contributed by atoms with Crippen LogP contribution in [0.25, 0.3) is 0 Å². The summed E-state index contributed by atoms with van der Waals surface area (Å²) in [5, 5.41) is 13.7. The largest absolute Gasteiger partial charge is 0.421 e. The summed E-state index contributed by atoms with van der Waals surface area (Å²) in [6.45, 7) is 1.93. The predicted octanol–water partition coefficient (Wildman–Crippen LogP) is 1.57. The number of piperidine rings is 1. The number of likely N-dealkylation sites (tertiary alicyclic amines) is 1. The zero-order valence-electron chi connectivity index (χ0n) is 22.8. The number of fused-ring (bicyclic) bond motifs is 5. The first-order chi connectivity index (χ1) is 19.2. The summed E-state index contributed by atoms with van der Waals surface area (Å²) in [6, 6.07) is -2.97. The number of carbonyl (C=O) groups excluding carboxylic acids is 1. The van der Waals surface area contributed by atoms with Crippen molar-refractivity contribution in [1.82, 2.24) is 26.0 Å². The van der Waals surface area contributed by atoms with Crippen LogP contribution in [0.2, 0.25) is 0 Å². The molecule has 15 heteroatoms. The minimum atomic E-state index is -4.99. The maximum absolute atomic E-state index is 14.2. The van der Waals surface area contributed by atoms with Gasteiger partial charge < -0.3 is 25.8 Å². The van der Waals surface area contributed by atoms with Gasteiger partial charge in [-0.15, -0.1) is 0 Å². The lowest BCUT2D eigenvalue weighted by Gasteiger charge is -2.61. The fourth-order valence-corrected chi connectivity index (χ4v) is 7.67. The zero-order chi connectivity index (χ0) is 29.4. The van der Waals surface area contributed by atoms with Crippen molar-refractivity contribution < 1.29 is 41.0 Å². The second kappa shape index (κ2) is 10.4. The minimum Gasteiger partial charge on any atom is -0.377 e. The van der Waals surface area contributed by atoms with Gasteiger partial charge in [0.1, 0.15) is 6.23 Å². The van der Waals surface area contributed by atoms with E-state index in [1.54, 1.807) is 0 Å². The summed E-state index contributed by atoms with van der Waals surface area (Å²) in [6.07, 6.45) is -9.14. The number of hydrogen-bond acceptors (Lipinski definition) is 8. The van der Waals surface area contributed by atoms with Crippen LogP contribution in [0.3, 0.4) is 0 Å². The van der Waals surface area contributed by atoms with Crippen LogP contribution in [0.4, 0.5) is 26.3 Å². The van der Waals surface area contributed by atoms with Crippen molar-refractivity contribution in [2.45, 2.75) is 112 Å².